The largest absolute Gasteiger partial charge is 0.395 e. The van der Waals surface area contributed by atoms with Gasteiger partial charge in [-0.15, -0.1) is 0 Å². The highest BCUT2D eigenvalue weighted by Gasteiger charge is 2.30. The van der Waals surface area contributed by atoms with Crippen molar-refractivity contribution in [3.05, 3.63) is 34.4 Å². The second-order valence-electron chi connectivity index (χ2n) is 5.47. The van der Waals surface area contributed by atoms with Crippen LogP contribution in [0.3, 0.4) is 0 Å². The summed E-state index contributed by atoms with van der Waals surface area (Å²) in [6, 6.07) is 5.70. The number of carbonyl (C=O) groups is 2. The van der Waals surface area contributed by atoms with Gasteiger partial charge in [0, 0.05) is 29.3 Å². The number of morpholine rings is 1. The lowest BCUT2D eigenvalue weighted by atomic mass is 10.2. The molecule has 128 valence electrons. The average molecular weight is 396 g/mol. The highest BCUT2D eigenvalue weighted by atomic mass is 79.9. The third-order valence-electron chi connectivity index (χ3n) is 3.91. The van der Waals surface area contributed by atoms with Crippen LogP contribution in [-0.4, -0.2) is 61.3 Å². The van der Waals surface area contributed by atoms with Gasteiger partial charge in [0.05, 0.1) is 32.1 Å². The maximum Gasteiger partial charge on any atom is 0.277 e. The minimum atomic E-state index is -0.428. The van der Waals surface area contributed by atoms with Crippen LogP contribution in [-0.2, 0) is 14.3 Å². The number of imide groups is 1. The molecule has 0 saturated carbocycles. The van der Waals surface area contributed by atoms with Crippen molar-refractivity contribution in [2.75, 3.05) is 49.7 Å². The van der Waals surface area contributed by atoms with E-state index < -0.39 is 11.8 Å². The Bertz CT molecular complexity index is 686. The molecular weight excluding hydrogens is 378 g/mol. The van der Waals surface area contributed by atoms with E-state index in [0.29, 0.717) is 18.9 Å². The molecule has 2 aliphatic rings. The molecule has 0 spiro atoms. The van der Waals surface area contributed by atoms with Crippen LogP contribution in [0, 0.1) is 0 Å². The summed E-state index contributed by atoms with van der Waals surface area (Å²) < 4.78 is 6.26. The topological polar surface area (TPSA) is 82.1 Å². The quantitative estimate of drug-likeness (QED) is 0.722. The fourth-order valence-corrected chi connectivity index (χ4v) is 3.34. The number of halogens is 1. The molecule has 3 rings (SSSR count). The normalized spacial score (nSPS) is 18.2. The summed E-state index contributed by atoms with van der Waals surface area (Å²) in [4.78, 5) is 27.1. The first-order valence-corrected chi connectivity index (χ1v) is 8.47. The molecule has 2 N–H and O–H groups in total. The summed E-state index contributed by atoms with van der Waals surface area (Å²) >= 11 is 3.56. The van der Waals surface area contributed by atoms with E-state index in [1.807, 2.05) is 18.2 Å². The molecule has 0 atom stereocenters. The molecule has 0 unspecified atom stereocenters. The number of nitrogens with one attached hydrogen (secondary N) is 1. The van der Waals surface area contributed by atoms with Gasteiger partial charge in [0.25, 0.3) is 11.8 Å². The first kappa shape index (κ1) is 16.9. The average Bonchev–Trinajstić information content (AvgIpc) is 2.84. The van der Waals surface area contributed by atoms with Crippen LogP contribution < -0.4 is 10.2 Å². The predicted octanol–water partition coefficient (Wildman–Crippen LogP) is 0.943. The number of anilines is 2. The minimum Gasteiger partial charge on any atom is -0.395 e. The molecule has 0 aromatic heterocycles. The highest BCUT2D eigenvalue weighted by molar-refractivity contribution is 9.10. The van der Waals surface area contributed by atoms with E-state index in [-0.39, 0.29) is 18.8 Å². The molecule has 1 aromatic rings. The highest BCUT2D eigenvalue weighted by Crippen LogP contribution is 2.30. The molecule has 0 aliphatic carbocycles. The molecular formula is C16H18BrN3O4. The van der Waals surface area contributed by atoms with Crippen LogP contribution in [0.15, 0.2) is 34.4 Å². The monoisotopic (exact) mass is 395 g/mol. The number of nitrogens with zero attached hydrogens (tertiary/aromatic N) is 2. The second kappa shape index (κ2) is 7.33. The van der Waals surface area contributed by atoms with Gasteiger partial charge in [0.2, 0.25) is 0 Å². The number of ether oxygens (including phenoxy) is 1. The van der Waals surface area contributed by atoms with Gasteiger partial charge in [0.1, 0.15) is 5.70 Å². The zero-order valence-corrected chi connectivity index (χ0v) is 14.6. The number of carbonyl (C=O) groups excluding carboxylic acids is 2. The summed E-state index contributed by atoms with van der Waals surface area (Å²) in [5, 5.41) is 11.9. The number of benzene rings is 1. The first-order valence-electron chi connectivity index (χ1n) is 7.68. The SMILES string of the molecule is O=C1C=C(Nc2ccc(N3CCOCC3)c(Br)c2)C(=O)N1CCO. The smallest absolute Gasteiger partial charge is 0.277 e. The lowest BCUT2D eigenvalue weighted by Crippen LogP contribution is -2.36. The van der Waals surface area contributed by atoms with Crippen LogP contribution >= 0.6 is 15.9 Å². The van der Waals surface area contributed by atoms with E-state index in [9.17, 15) is 9.59 Å². The zero-order chi connectivity index (χ0) is 17.1. The molecule has 1 aromatic carbocycles. The Morgan fingerprint density at radius 3 is 2.67 bits per heavy atom. The van der Waals surface area contributed by atoms with E-state index in [0.717, 1.165) is 28.1 Å². The first-order chi connectivity index (χ1) is 11.6. The van der Waals surface area contributed by atoms with Crippen LogP contribution in [0.2, 0.25) is 0 Å². The van der Waals surface area contributed by atoms with Crippen LogP contribution in [0.5, 0.6) is 0 Å². The Balaban J connectivity index is 1.72. The third-order valence-corrected chi connectivity index (χ3v) is 4.55. The van der Waals surface area contributed by atoms with Gasteiger partial charge in [-0.25, -0.2) is 0 Å². The Hall–Kier alpha value is -1.90. The Morgan fingerprint density at radius 1 is 1.25 bits per heavy atom. The molecule has 2 amide bonds. The van der Waals surface area contributed by atoms with Gasteiger partial charge in [-0.1, -0.05) is 0 Å². The van der Waals surface area contributed by atoms with Crippen molar-refractivity contribution in [1.82, 2.24) is 4.90 Å². The molecule has 8 heteroatoms. The summed E-state index contributed by atoms with van der Waals surface area (Å²) in [6.07, 6.45) is 1.25. The summed E-state index contributed by atoms with van der Waals surface area (Å²) in [5.41, 5.74) is 1.98. The van der Waals surface area contributed by atoms with Crippen molar-refractivity contribution >= 4 is 39.1 Å². The van der Waals surface area contributed by atoms with Crippen molar-refractivity contribution in [2.45, 2.75) is 0 Å². The molecule has 2 aliphatic heterocycles. The summed E-state index contributed by atoms with van der Waals surface area (Å²) in [5.74, 6) is -0.844. The van der Waals surface area contributed by atoms with E-state index in [4.69, 9.17) is 9.84 Å². The van der Waals surface area contributed by atoms with Crippen LogP contribution in [0.1, 0.15) is 0 Å². The Labute approximate surface area is 148 Å². The molecule has 1 saturated heterocycles. The van der Waals surface area contributed by atoms with Crippen LogP contribution in [0.4, 0.5) is 11.4 Å². The fraction of sp³-hybridized carbons (Fsp3) is 0.375. The molecule has 7 nitrogen and oxygen atoms in total. The second-order valence-corrected chi connectivity index (χ2v) is 6.32. The summed E-state index contributed by atoms with van der Waals surface area (Å²) in [7, 11) is 0. The van der Waals surface area contributed by atoms with Crippen LogP contribution in [0.25, 0.3) is 0 Å². The van der Waals surface area contributed by atoms with Crippen molar-refractivity contribution in [3.8, 4) is 0 Å². The summed E-state index contributed by atoms with van der Waals surface area (Å²) in [6.45, 7) is 2.82. The maximum atomic E-state index is 12.1. The maximum absolute atomic E-state index is 12.1. The van der Waals surface area contributed by atoms with Gasteiger partial charge in [-0.2, -0.15) is 0 Å². The number of amides is 2. The van der Waals surface area contributed by atoms with Crippen molar-refractivity contribution in [1.29, 1.82) is 0 Å². The van der Waals surface area contributed by atoms with Gasteiger partial charge in [0.15, 0.2) is 0 Å². The minimum absolute atomic E-state index is 0.000982. The zero-order valence-electron chi connectivity index (χ0n) is 13.0. The standard InChI is InChI=1S/C16H18BrN3O4/c17-12-9-11(1-2-14(12)19-4-7-24-8-5-19)18-13-10-15(22)20(3-6-21)16(13)23/h1-2,9-10,18,21H,3-8H2. The van der Waals surface area contributed by atoms with E-state index in [1.165, 1.54) is 6.08 Å². The van der Waals surface area contributed by atoms with Crippen molar-refractivity contribution < 1.29 is 19.4 Å². The molecule has 0 bridgehead atoms. The van der Waals surface area contributed by atoms with Gasteiger partial charge >= 0.3 is 0 Å². The molecule has 24 heavy (non-hydrogen) atoms. The number of β-amino-alcohol motifs (C(OH)–C–C–N with tert-alkyl or cyclic N) is 1. The van der Waals surface area contributed by atoms with E-state index >= 15 is 0 Å². The number of aliphatic hydroxyl groups is 1. The number of rotatable bonds is 5. The van der Waals surface area contributed by atoms with Gasteiger partial charge in [-0.05, 0) is 34.1 Å². The predicted molar refractivity (Wildman–Crippen MR) is 92.7 cm³/mol. The van der Waals surface area contributed by atoms with Crippen molar-refractivity contribution in [2.24, 2.45) is 0 Å². The van der Waals surface area contributed by atoms with E-state index in [1.54, 1.807) is 0 Å². The Morgan fingerprint density at radius 2 is 2.00 bits per heavy atom. The fourth-order valence-electron chi connectivity index (χ4n) is 2.71. The molecule has 2 heterocycles. The van der Waals surface area contributed by atoms with Gasteiger partial charge in [-0.3, -0.25) is 14.5 Å². The Kier molecular flexibility index (Phi) is 5.17. The third kappa shape index (κ3) is 3.45. The molecule has 0 radical (unpaired) electrons. The number of hydrogen-bond acceptors (Lipinski definition) is 6. The lowest BCUT2D eigenvalue weighted by molar-refractivity contribution is -0.137. The lowest BCUT2D eigenvalue weighted by Gasteiger charge is -2.29. The van der Waals surface area contributed by atoms with Crippen molar-refractivity contribution in [3.63, 3.8) is 0 Å². The molecule has 1 fully saturated rings. The number of aliphatic hydroxyl groups excluding tert-OH is 1. The van der Waals surface area contributed by atoms with Gasteiger partial charge < -0.3 is 20.1 Å². The van der Waals surface area contributed by atoms with E-state index in [2.05, 4.69) is 26.1 Å². The number of hydrogen-bond donors (Lipinski definition) is 2.